The summed E-state index contributed by atoms with van der Waals surface area (Å²) in [5.74, 6) is 0.577. The molecule has 1 aromatic carbocycles. The zero-order chi connectivity index (χ0) is 19.6. The highest BCUT2D eigenvalue weighted by molar-refractivity contribution is 5.95. The Bertz CT molecular complexity index is 830. The fraction of sp³-hybridized carbons (Fsp3) is 0.565. The summed E-state index contributed by atoms with van der Waals surface area (Å²) in [5, 5.41) is 7.39. The smallest absolute Gasteiger partial charge is 0.257 e. The number of H-pyrrole nitrogens is 1. The van der Waals surface area contributed by atoms with E-state index >= 15 is 0 Å². The van der Waals surface area contributed by atoms with E-state index in [-0.39, 0.29) is 18.0 Å². The maximum Gasteiger partial charge on any atom is 0.257 e. The molecule has 6 nitrogen and oxygen atoms in total. The predicted molar refractivity (Wildman–Crippen MR) is 111 cm³/mol. The third kappa shape index (κ3) is 3.71. The number of piperazine rings is 1. The van der Waals surface area contributed by atoms with E-state index in [1.807, 2.05) is 4.90 Å². The van der Waals surface area contributed by atoms with Crippen molar-refractivity contribution in [2.45, 2.75) is 50.1 Å². The SMILES string of the molecule is O=C(c1cn[nH]c1C1CCCCC1)N1CCN2[C@@H](COC[C@@H]2c2ccccc2)C1. The second-order valence-electron chi connectivity index (χ2n) is 8.64. The van der Waals surface area contributed by atoms with Crippen LogP contribution < -0.4 is 0 Å². The Kier molecular flexibility index (Phi) is 5.38. The van der Waals surface area contributed by atoms with Crippen LogP contribution in [0.25, 0.3) is 0 Å². The molecular weight excluding hydrogens is 364 g/mol. The van der Waals surface area contributed by atoms with Crippen LogP contribution in [0.4, 0.5) is 0 Å². The number of nitrogens with zero attached hydrogens (tertiary/aromatic N) is 3. The first-order valence-electron chi connectivity index (χ1n) is 11.0. The molecule has 3 fully saturated rings. The van der Waals surface area contributed by atoms with Gasteiger partial charge < -0.3 is 9.64 Å². The van der Waals surface area contributed by atoms with Gasteiger partial charge in [-0.3, -0.25) is 14.8 Å². The molecule has 2 atom stereocenters. The number of amides is 1. The van der Waals surface area contributed by atoms with Crippen molar-refractivity contribution >= 4 is 5.91 Å². The molecular formula is C23H30N4O2. The lowest BCUT2D eigenvalue weighted by Gasteiger charge is -2.48. The van der Waals surface area contributed by atoms with E-state index in [0.717, 1.165) is 50.3 Å². The lowest BCUT2D eigenvalue weighted by Crippen LogP contribution is -2.60. The average Bonchev–Trinajstić information content (AvgIpc) is 3.29. The molecule has 0 unspecified atom stereocenters. The molecule has 0 spiro atoms. The summed E-state index contributed by atoms with van der Waals surface area (Å²) in [6.45, 7) is 3.78. The maximum atomic E-state index is 13.4. The van der Waals surface area contributed by atoms with Gasteiger partial charge >= 0.3 is 0 Å². The van der Waals surface area contributed by atoms with Crippen LogP contribution in [-0.4, -0.2) is 64.8 Å². The molecule has 1 amide bonds. The van der Waals surface area contributed by atoms with Crippen LogP contribution >= 0.6 is 0 Å². The van der Waals surface area contributed by atoms with Gasteiger partial charge in [-0.2, -0.15) is 5.10 Å². The Hall–Kier alpha value is -2.18. The van der Waals surface area contributed by atoms with Gasteiger partial charge in [-0.15, -0.1) is 0 Å². The molecule has 3 heterocycles. The molecule has 0 radical (unpaired) electrons. The third-order valence-electron chi connectivity index (χ3n) is 6.90. The number of rotatable bonds is 3. The first-order chi connectivity index (χ1) is 14.3. The molecule has 1 saturated carbocycles. The average molecular weight is 395 g/mol. The van der Waals surface area contributed by atoms with Gasteiger partial charge in [0.15, 0.2) is 0 Å². The minimum absolute atomic E-state index is 0.126. The summed E-state index contributed by atoms with van der Waals surface area (Å²) in [4.78, 5) is 17.9. The molecule has 2 aromatic rings. The topological polar surface area (TPSA) is 61.5 Å². The third-order valence-corrected chi connectivity index (χ3v) is 6.90. The maximum absolute atomic E-state index is 13.4. The Morgan fingerprint density at radius 1 is 1.07 bits per heavy atom. The first kappa shape index (κ1) is 18.8. The Labute approximate surface area is 172 Å². The summed E-state index contributed by atoms with van der Waals surface area (Å²) in [6.07, 6.45) is 7.85. The van der Waals surface area contributed by atoms with E-state index < -0.39 is 0 Å². The van der Waals surface area contributed by atoms with Gasteiger partial charge in [-0.1, -0.05) is 49.6 Å². The number of aromatic amines is 1. The highest BCUT2D eigenvalue weighted by atomic mass is 16.5. The second kappa shape index (κ2) is 8.28. The number of hydrogen-bond donors (Lipinski definition) is 1. The van der Waals surface area contributed by atoms with Gasteiger partial charge in [0.1, 0.15) is 0 Å². The van der Waals surface area contributed by atoms with E-state index in [1.165, 1.54) is 24.8 Å². The van der Waals surface area contributed by atoms with Crippen molar-refractivity contribution in [1.29, 1.82) is 0 Å². The van der Waals surface area contributed by atoms with Gasteiger partial charge in [0.2, 0.25) is 0 Å². The molecule has 1 N–H and O–H groups in total. The Balaban J connectivity index is 1.30. The van der Waals surface area contributed by atoms with E-state index in [2.05, 4.69) is 45.4 Å². The fourth-order valence-corrected chi connectivity index (χ4v) is 5.33. The highest BCUT2D eigenvalue weighted by Gasteiger charge is 2.38. The molecule has 3 aliphatic rings. The van der Waals surface area contributed by atoms with Gasteiger partial charge in [0, 0.05) is 25.6 Å². The molecule has 5 rings (SSSR count). The number of carbonyl (C=O) groups is 1. The number of fused-ring (bicyclic) bond motifs is 1. The number of morpholine rings is 1. The van der Waals surface area contributed by atoms with Crippen LogP contribution in [0.2, 0.25) is 0 Å². The van der Waals surface area contributed by atoms with Crippen molar-refractivity contribution in [1.82, 2.24) is 20.0 Å². The molecule has 1 aliphatic carbocycles. The second-order valence-corrected chi connectivity index (χ2v) is 8.64. The number of aromatic nitrogens is 2. The monoisotopic (exact) mass is 394 g/mol. The van der Waals surface area contributed by atoms with Gasteiger partial charge in [-0.25, -0.2) is 0 Å². The van der Waals surface area contributed by atoms with Gasteiger partial charge in [-0.05, 0) is 18.4 Å². The van der Waals surface area contributed by atoms with E-state index in [1.54, 1.807) is 6.20 Å². The van der Waals surface area contributed by atoms with Crippen molar-refractivity contribution in [3.05, 3.63) is 53.3 Å². The Morgan fingerprint density at radius 2 is 1.90 bits per heavy atom. The zero-order valence-corrected chi connectivity index (χ0v) is 16.9. The van der Waals surface area contributed by atoms with Crippen molar-refractivity contribution in [2.75, 3.05) is 32.8 Å². The van der Waals surface area contributed by atoms with E-state index in [9.17, 15) is 4.79 Å². The lowest BCUT2D eigenvalue weighted by molar-refractivity contribution is -0.0770. The van der Waals surface area contributed by atoms with Crippen LogP contribution in [0.5, 0.6) is 0 Å². The summed E-state index contributed by atoms with van der Waals surface area (Å²) < 4.78 is 5.95. The van der Waals surface area contributed by atoms with Crippen LogP contribution in [0, 0.1) is 0 Å². The minimum atomic E-state index is 0.126. The number of nitrogens with one attached hydrogen (secondary N) is 1. The highest BCUT2D eigenvalue weighted by Crippen LogP contribution is 2.34. The fourth-order valence-electron chi connectivity index (χ4n) is 5.33. The Morgan fingerprint density at radius 3 is 2.72 bits per heavy atom. The van der Waals surface area contributed by atoms with E-state index in [4.69, 9.17) is 4.74 Å². The molecule has 0 bridgehead atoms. The van der Waals surface area contributed by atoms with Crippen LogP contribution in [-0.2, 0) is 4.74 Å². The summed E-state index contributed by atoms with van der Waals surface area (Å²) in [6, 6.07) is 11.1. The molecule has 6 heteroatoms. The van der Waals surface area contributed by atoms with E-state index in [0.29, 0.717) is 12.5 Å². The summed E-state index contributed by atoms with van der Waals surface area (Å²) in [5.41, 5.74) is 3.13. The number of carbonyl (C=O) groups excluding carboxylic acids is 1. The minimum Gasteiger partial charge on any atom is -0.378 e. The molecule has 154 valence electrons. The van der Waals surface area contributed by atoms with Crippen LogP contribution in [0.1, 0.15) is 65.7 Å². The quantitative estimate of drug-likeness (QED) is 0.867. The summed E-state index contributed by atoms with van der Waals surface area (Å²) in [7, 11) is 0. The molecule has 29 heavy (non-hydrogen) atoms. The predicted octanol–water partition coefficient (Wildman–Crippen LogP) is 3.36. The normalized spacial score (nSPS) is 26.3. The lowest BCUT2D eigenvalue weighted by atomic mass is 9.85. The van der Waals surface area contributed by atoms with Crippen molar-refractivity contribution < 1.29 is 9.53 Å². The molecule has 2 saturated heterocycles. The molecule has 1 aromatic heterocycles. The van der Waals surface area contributed by atoms with Crippen LogP contribution in [0.15, 0.2) is 36.5 Å². The van der Waals surface area contributed by atoms with Crippen molar-refractivity contribution in [3.63, 3.8) is 0 Å². The van der Waals surface area contributed by atoms with Crippen molar-refractivity contribution in [3.8, 4) is 0 Å². The van der Waals surface area contributed by atoms with Crippen molar-refractivity contribution in [2.24, 2.45) is 0 Å². The van der Waals surface area contributed by atoms with Gasteiger partial charge in [0.25, 0.3) is 5.91 Å². The van der Waals surface area contributed by atoms with Gasteiger partial charge in [0.05, 0.1) is 42.8 Å². The zero-order valence-electron chi connectivity index (χ0n) is 16.9. The number of hydrogen-bond acceptors (Lipinski definition) is 4. The first-order valence-corrected chi connectivity index (χ1v) is 11.0. The standard InChI is InChI=1S/C23H30N4O2/c28-23(20-13-24-25-22(20)18-9-5-2-6-10-18)26-11-12-27-19(14-26)15-29-16-21(27)17-7-3-1-4-8-17/h1,3-4,7-8,13,18-19,21H,2,5-6,9-12,14-16H2,(H,24,25)/t19-,21-/m1/s1. The van der Waals surface area contributed by atoms with Crippen LogP contribution in [0.3, 0.4) is 0 Å². The number of ether oxygens (including phenoxy) is 1. The number of benzene rings is 1. The summed E-state index contributed by atoms with van der Waals surface area (Å²) >= 11 is 0. The largest absolute Gasteiger partial charge is 0.378 e. The molecule has 2 aliphatic heterocycles.